The van der Waals surface area contributed by atoms with Crippen LogP contribution in [0.2, 0.25) is 0 Å². The minimum absolute atomic E-state index is 0.0372. The molecule has 3 rings (SSSR count). The summed E-state index contributed by atoms with van der Waals surface area (Å²) in [5, 5.41) is 7.87. The van der Waals surface area contributed by atoms with E-state index in [1.807, 2.05) is 32.0 Å². The Kier molecular flexibility index (Phi) is 7.76. The number of rotatable bonds is 9. The molecule has 1 heterocycles. The maximum atomic E-state index is 12.8. The van der Waals surface area contributed by atoms with Gasteiger partial charge in [-0.3, -0.25) is 9.59 Å². The first kappa shape index (κ1) is 23.2. The summed E-state index contributed by atoms with van der Waals surface area (Å²) >= 11 is 0. The lowest BCUT2D eigenvalue weighted by Gasteiger charge is -2.12. The Morgan fingerprint density at radius 2 is 1.78 bits per heavy atom. The van der Waals surface area contributed by atoms with Crippen LogP contribution in [0.1, 0.15) is 54.2 Å². The summed E-state index contributed by atoms with van der Waals surface area (Å²) in [5.74, 6) is -1.18. The third-order valence-corrected chi connectivity index (χ3v) is 5.29. The Morgan fingerprint density at radius 3 is 2.53 bits per heavy atom. The van der Waals surface area contributed by atoms with Gasteiger partial charge in [0.05, 0.1) is 5.39 Å². The smallest absolute Gasteiger partial charge is 0.359 e. The Hall–Kier alpha value is -3.48. The molecule has 7 nitrogen and oxygen atoms in total. The number of carbonyl (C=O) groups is 2. The van der Waals surface area contributed by atoms with Gasteiger partial charge in [-0.1, -0.05) is 56.5 Å². The molecular formula is C25H29N3O4. The third-order valence-electron chi connectivity index (χ3n) is 5.29. The monoisotopic (exact) mass is 435 g/mol. The van der Waals surface area contributed by atoms with Crippen molar-refractivity contribution in [3.63, 3.8) is 0 Å². The molecule has 0 radical (unpaired) electrons. The summed E-state index contributed by atoms with van der Waals surface area (Å²) in [6.07, 6.45) is 3.94. The second-order valence-corrected chi connectivity index (χ2v) is 7.93. The lowest BCUT2D eigenvalue weighted by atomic mass is 10.1. The first-order chi connectivity index (χ1) is 15.4. The van der Waals surface area contributed by atoms with Gasteiger partial charge in [0, 0.05) is 17.6 Å². The normalized spacial score (nSPS) is 10.8. The molecule has 7 heteroatoms. The van der Waals surface area contributed by atoms with E-state index >= 15 is 0 Å². The predicted octanol–water partition coefficient (Wildman–Crippen LogP) is 4.39. The number of fused-ring (bicyclic) bond motifs is 1. The molecule has 0 atom stereocenters. The van der Waals surface area contributed by atoms with Gasteiger partial charge in [0.1, 0.15) is 0 Å². The van der Waals surface area contributed by atoms with Gasteiger partial charge in [-0.25, -0.2) is 9.48 Å². The summed E-state index contributed by atoms with van der Waals surface area (Å²) in [7, 11) is 0. The molecule has 0 aliphatic heterocycles. The van der Waals surface area contributed by atoms with E-state index in [9.17, 15) is 14.4 Å². The quantitative estimate of drug-likeness (QED) is 0.398. The van der Waals surface area contributed by atoms with Crippen molar-refractivity contribution in [2.45, 2.75) is 53.0 Å². The highest BCUT2D eigenvalue weighted by atomic mass is 16.5. The molecule has 0 unspecified atom stereocenters. The van der Waals surface area contributed by atoms with Crippen LogP contribution in [0.15, 0.2) is 47.3 Å². The number of aromatic nitrogens is 2. The minimum atomic E-state index is -0.736. The lowest BCUT2D eigenvalue weighted by Crippen LogP contribution is -2.28. The molecule has 32 heavy (non-hydrogen) atoms. The van der Waals surface area contributed by atoms with Crippen LogP contribution >= 0.6 is 0 Å². The predicted molar refractivity (Wildman–Crippen MR) is 125 cm³/mol. The van der Waals surface area contributed by atoms with Crippen molar-refractivity contribution >= 4 is 28.3 Å². The van der Waals surface area contributed by atoms with Crippen LogP contribution in [0, 0.1) is 13.8 Å². The van der Waals surface area contributed by atoms with Gasteiger partial charge in [-0.05, 0) is 43.5 Å². The molecule has 0 spiro atoms. The first-order valence-corrected chi connectivity index (χ1v) is 10.9. The molecule has 0 bridgehead atoms. The number of carbonyl (C=O) groups excluding carboxylic acids is 2. The Balaban J connectivity index is 1.76. The van der Waals surface area contributed by atoms with Gasteiger partial charge < -0.3 is 10.1 Å². The number of unbranched alkanes of at least 4 members (excludes halogenated alkanes) is 3. The fraction of sp³-hybridized carbons (Fsp3) is 0.360. The van der Waals surface area contributed by atoms with Gasteiger partial charge in [-0.2, -0.15) is 5.10 Å². The number of esters is 1. The molecule has 3 aromatic rings. The number of anilines is 1. The first-order valence-electron chi connectivity index (χ1n) is 10.9. The van der Waals surface area contributed by atoms with E-state index in [0.29, 0.717) is 23.0 Å². The molecule has 1 amide bonds. The lowest BCUT2D eigenvalue weighted by molar-refractivity contribution is -0.119. The molecule has 0 fully saturated rings. The zero-order valence-electron chi connectivity index (χ0n) is 18.8. The second-order valence-electron chi connectivity index (χ2n) is 7.93. The summed E-state index contributed by atoms with van der Waals surface area (Å²) in [6, 6.07) is 12.6. The number of nitrogens with one attached hydrogen (secondary N) is 1. The highest BCUT2D eigenvalue weighted by Crippen LogP contribution is 2.17. The summed E-state index contributed by atoms with van der Waals surface area (Å²) in [5.41, 5.74) is 2.41. The molecule has 0 aliphatic carbocycles. The van der Waals surface area contributed by atoms with Crippen LogP contribution in [0.25, 0.3) is 10.8 Å². The van der Waals surface area contributed by atoms with Crippen molar-refractivity contribution in [3.8, 4) is 0 Å². The fourth-order valence-corrected chi connectivity index (χ4v) is 3.48. The zero-order chi connectivity index (χ0) is 23.1. The summed E-state index contributed by atoms with van der Waals surface area (Å²) in [4.78, 5) is 37.9. The number of benzene rings is 2. The van der Waals surface area contributed by atoms with Crippen LogP contribution in [0.3, 0.4) is 0 Å². The van der Waals surface area contributed by atoms with E-state index in [2.05, 4.69) is 17.3 Å². The van der Waals surface area contributed by atoms with Crippen molar-refractivity contribution < 1.29 is 14.3 Å². The van der Waals surface area contributed by atoms with E-state index in [1.54, 1.807) is 24.3 Å². The fourth-order valence-electron chi connectivity index (χ4n) is 3.48. The van der Waals surface area contributed by atoms with E-state index < -0.39 is 18.5 Å². The van der Waals surface area contributed by atoms with Crippen molar-refractivity contribution in [1.29, 1.82) is 0 Å². The van der Waals surface area contributed by atoms with Gasteiger partial charge >= 0.3 is 5.97 Å². The zero-order valence-corrected chi connectivity index (χ0v) is 18.8. The molecule has 0 saturated carbocycles. The Morgan fingerprint density at radius 1 is 1.03 bits per heavy atom. The number of hydrogen-bond acceptors (Lipinski definition) is 5. The number of nitrogens with zero attached hydrogens (tertiary/aromatic N) is 2. The van der Waals surface area contributed by atoms with Gasteiger partial charge in [0.15, 0.2) is 12.3 Å². The molecule has 1 aromatic heterocycles. The average Bonchev–Trinajstić information content (AvgIpc) is 2.79. The van der Waals surface area contributed by atoms with Crippen LogP contribution in [-0.2, 0) is 16.1 Å². The maximum absolute atomic E-state index is 12.8. The van der Waals surface area contributed by atoms with E-state index in [4.69, 9.17) is 4.74 Å². The molecule has 0 aliphatic rings. The SMILES string of the molecule is CCCCCCn1nc(C(=O)OCC(=O)Nc2cc(C)ccc2C)c2ccccc2c1=O. The number of amides is 1. The Bertz CT molecular complexity index is 1180. The van der Waals surface area contributed by atoms with Crippen LogP contribution in [0.4, 0.5) is 5.69 Å². The van der Waals surface area contributed by atoms with Crippen LogP contribution in [-0.4, -0.2) is 28.3 Å². The van der Waals surface area contributed by atoms with Crippen molar-refractivity contribution in [2.75, 3.05) is 11.9 Å². The largest absolute Gasteiger partial charge is 0.451 e. The molecule has 1 N–H and O–H groups in total. The Labute approximate surface area is 187 Å². The van der Waals surface area contributed by atoms with Gasteiger partial charge in [-0.15, -0.1) is 0 Å². The highest BCUT2D eigenvalue weighted by molar-refractivity contribution is 6.03. The van der Waals surface area contributed by atoms with E-state index in [-0.39, 0.29) is 11.3 Å². The molecular weight excluding hydrogens is 406 g/mol. The number of hydrogen-bond donors (Lipinski definition) is 1. The second kappa shape index (κ2) is 10.7. The average molecular weight is 436 g/mol. The highest BCUT2D eigenvalue weighted by Gasteiger charge is 2.19. The van der Waals surface area contributed by atoms with E-state index in [1.165, 1.54) is 4.68 Å². The third kappa shape index (κ3) is 5.60. The molecule has 0 saturated heterocycles. The number of aryl methyl sites for hydroxylation is 3. The van der Waals surface area contributed by atoms with E-state index in [0.717, 1.165) is 36.8 Å². The van der Waals surface area contributed by atoms with Crippen molar-refractivity contribution in [3.05, 3.63) is 69.6 Å². The summed E-state index contributed by atoms with van der Waals surface area (Å²) < 4.78 is 6.57. The van der Waals surface area contributed by atoms with Crippen LogP contribution < -0.4 is 10.9 Å². The van der Waals surface area contributed by atoms with Crippen molar-refractivity contribution in [2.24, 2.45) is 0 Å². The molecule has 2 aromatic carbocycles. The molecule has 168 valence electrons. The topological polar surface area (TPSA) is 90.3 Å². The standard InChI is InChI=1S/C25H29N3O4/c1-4-5-6-9-14-28-24(30)20-11-8-7-10-19(20)23(27-28)25(31)32-16-22(29)26-21-15-17(2)12-13-18(21)3/h7-8,10-13,15H,4-6,9,14,16H2,1-3H3,(H,26,29). The van der Waals surface area contributed by atoms with Gasteiger partial charge in [0.25, 0.3) is 11.5 Å². The minimum Gasteiger partial charge on any atom is -0.451 e. The number of ether oxygens (including phenoxy) is 1. The van der Waals surface area contributed by atoms with Crippen LogP contribution in [0.5, 0.6) is 0 Å². The van der Waals surface area contributed by atoms with Crippen molar-refractivity contribution in [1.82, 2.24) is 9.78 Å². The summed E-state index contributed by atoms with van der Waals surface area (Å²) in [6.45, 7) is 5.92. The van der Waals surface area contributed by atoms with Gasteiger partial charge in [0.2, 0.25) is 0 Å². The maximum Gasteiger partial charge on any atom is 0.359 e.